The van der Waals surface area contributed by atoms with Crippen molar-refractivity contribution >= 4 is 11.9 Å². The summed E-state index contributed by atoms with van der Waals surface area (Å²) in [4.78, 5) is 24.6. The van der Waals surface area contributed by atoms with Crippen LogP contribution >= 0.6 is 0 Å². The summed E-state index contributed by atoms with van der Waals surface area (Å²) in [6, 6.07) is -0.549. The molecule has 0 spiro atoms. The van der Waals surface area contributed by atoms with Gasteiger partial charge in [0.05, 0.1) is 25.4 Å². The van der Waals surface area contributed by atoms with Crippen molar-refractivity contribution in [3.8, 4) is 0 Å². The Morgan fingerprint density at radius 2 is 0.641 bits per heavy atom. The Kier molecular flexibility index (Phi) is 53.5. The normalized spacial score (nSPS) is 12.5. The molecule has 2 unspecified atom stereocenters. The van der Waals surface area contributed by atoms with Gasteiger partial charge >= 0.3 is 5.97 Å². The molecule has 0 aromatic heterocycles. The fourth-order valence-electron chi connectivity index (χ4n) is 9.41. The molecule has 0 aliphatic carbocycles. The van der Waals surface area contributed by atoms with Gasteiger partial charge in [0, 0.05) is 12.8 Å². The van der Waals surface area contributed by atoms with Gasteiger partial charge in [-0.05, 0) is 25.7 Å². The summed E-state index contributed by atoms with van der Waals surface area (Å²) in [6.45, 7) is 4.96. The van der Waals surface area contributed by atoms with Crippen LogP contribution in [0.1, 0.15) is 335 Å². The standard InChI is InChI=1S/C58H115NO5/c1-3-5-7-9-11-13-15-17-19-21-22-24-28-32-36-40-44-48-52-58(63)64-53-49-45-41-37-33-29-25-27-31-35-39-43-47-51-57(62)59-55(54-60)56(61)50-46-42-38-34-30-26-23-20-18-16-14-12-10-8-6-4-2/h55-56,60-61H,3-54H2,1-2H3,(H,59,62). The molecule has 0 saturated heterocycles. The van der Waals surface area contributed by atoms with E-state index in [1.807, 2.05) is 0 Å². The number of ether oxygens (including phenoxy) is 1. The highest BCUT2D eigenvalue weighted by molar-refractivity contribution is 5.76. The van der Waals surface area contributed by atoms with E-state index in [9.17, 15) is 19.8 Å². The van der Waals surface area contributed by atoms with E-state index >= 15 is 0 Å². The second-order valence-electron chi connectivity index (χ2n) is 20.3. The third-order valence-corrected chi connectivity index (χ3v) is 13.9. The highest BCUT2D eigenvalue weighted by Gasteiger charge is 2.20. The molecule has 3 N–H and O–H groups in total. The number of esters is 1. The van der Waals surface area contributed by atoms with E-state index in [2.05, 4.69) is 19.2 Å². The number of rotatable bonds is 55. The van der Waals surface area contributed by atoms with Gasteiger partial charge in [-0.2, -0.15) is 0 Å². The van der Waals surface area contributed by atoms with E-state index in [1.54, 1.807) is 0 Å². The van der Waals surface area contributed by atoms with Gasteiger partial charge in [-0.1, -0.05) is 296 Å². The summed E-state index contributed by atoms with van der Waals surface area (Å²) in [5.74, 6) is -0.0442. The number of carbonyl (C=O) groups is 2. The monoisotopic (exact) mass is 906 g/mol. The van der Waals surface area contributed by atoms with Crippen molar-refractivity contribution in [3.05, 3.63) is 0 Å². The molecule has 0 heterocycles. The predicted molar refractivity (Wildman–Crippen MR) is 278 cm³/mol. The molecular formula is C58H115NO5. The number of aliphatic hydroxyl groups is 2. The number of carbonyl (C=O) groups excluding carboxylic acids is 2. The Morgan fingerprint density at radius 1 is 0.375 bits per heavy atom. The summed E-state index contributed by atoms with van der Waals surface area (Å²) >= 11 is 0. The molecule has 0 aromatic carbocycles. The molecule has 64 heavy (non-hydrogen) atoms. The zero-order valence-electron chi connectivity index (χ0n) is 43.5. The lowest BCUT2D eigenvalue weighted by atomic mass is 10.0. The van der Waals surface area contributed by atoms with Crippen LogP contribution in [0.15, 0.2) is 0 Å². The number of nitrogens with one attached hydrogen (secondary N) is 1. The largest absolute Gasteiger partial charge is 0.466 e. The molecule has 0 rings (SSSR count). The smallest absolute Gasteiger partial charge is 0.305 e. The van der Waals surface area contributed by atoms with Crippen LogP contribution in [-0.4, -0.2) is 47.4 Å². The average Bonchev–Trinajstić information content (AvgIpc) is 3.29. The minimum atomic E-state index is -0.671. The molecule has 0 bridgehead atoms. The van der Waals surface area contributed by atoms with Crippen LogP contribution in [0.2, 0.25) is 0 Å². The van der Waals surface area contributed by atoms with Crippen molar-refractivity contribution in [2.24, 2.45) is 0 Å². The number of unbranched alkanes of at least 4 members (excludes halogenated alkanes) is 44. The molecule has 0 fully saturated rings. The Bertz CT molecular complexity index is 913. The van der Waals surface area contributed by atoms with Gasteiger partial charge in [0.1, 0.15) is 0 Å². The highest BCUT2D eigenvalue weighted by Crippen LogP contribution is 2.18. The summed E-state index contributed by atoms with van der Waals surface area (Å²) in [7, 11) is 0. The van der Waals surface area contributed by atoms with Gasteiger partial charge in [0.25, 0.3) is 0 Å². The first-order chi connectivity index (χ1) is 31.5. The Hall–Kier alpha value is -1.14. The van der Waals surface area contributed by atoms with Crippen molar-refractivity contribution in [1.82, 2.24) is 5.32 Å². The topological polar surface area (TPSA) is 95.9 Å². The van der Waals surface area contributed by atoms with E-state index < -0.39 is 12.1 Å². The lowest BCUT2D eigenvalue weighted by molar-refractivity contribution is -0.143. The van der Waals surface area contributed by atoms with Gasteiger partial charge in [0.2, 0.25) is 5.91 Å². The van der Waals surface area contributed by atoms with Crippen LogP contribution in [0.25, 0.3) is 0 Å². The minimum absolute atomic E-state index is 0.0000870. The van der Waals surface area contributed by atoms with Crippen molar-refractivity contribution in [3.63, 3.8) is 0 Å². The number of hydrogen-bond acceptors (Lipinski definition) is 5. The molecule has 0 radical (unpaired) electrons. The molecule has 0 aliphatic rings. The Balaban J connectivity index is 3.41. The van der Waals surface area contributed by atoms with Crippen molar-refractivity contribution in [2.45, 2.75) is 347 Å². The van der Waals surface area contributed by atoms with E-state index in [0.29, 0.717) is 25.9 Å². The quantitative estimate of drug-likeness (QED) is 0.0417. The van der Waals surface area contributed by atoms with E-state index in [1.165, 1.54) is 250 Å². The van der Waals surface area contributed by atoms with Gasteiger partial charge in [-0.3, -0.25) is 9.59 Å². The van der Waals surface area contributed by atoms with Gasteiger partial charge in [-0.15, -0.1) is 0 Å². The minimum Gasteiger partial charge on any atom is -0.466 e. The number of amides is 1. The maximum Gasteiger partial charge on any atom is 0.305 e. The van der Waals surface area contributed by atoms with Crippen molar-refractivity contribution < 1.29 is 24.5 Å². The van der Waals surface area contributed by atoms with Crippen LogP contribution in [-0.2, 0) is 14.3 Å². The molecule has 0 aliphatic heterocycles. The fourth-order valence-corrected chi connectivity index (χ4v) is 9.41. The van der Waals surface area contributed by atoms with Gasteiger partial charge in [-0.25, -0.2) is 0 Å². The molecule has 0 saturated carbocycles. The van der Waals surface area contributed by atoms with Crippen LogP contribution in [0, 0.1) is 0 Å². The highest BCUT2D eigenvalue weighted by atomic mass is 16.5. The SMILES string of the molecule is CCCCCCCCCCCCCCCCCCCCC(=O)OCCCCCCCCCCCCCCCC(=O)NC(CO)C(O)CCCCCCCCCCCCCCCCCC. The Labute approximate surface area is 400 Å². The molecule has 382 valence electrons. The van der Waals surface area contributed by atoms with Crippen molar-refractivity contribution in [1.29, 1.82) is 0 Å². The predicted octanol–water partition coefficient (Wildman–Crippen LogP) is 17.9. The van der Waals surface area contributed by atoms with Crippen LogP contribution in [0.3, 0.4) is 0 Å². The first kappa shape index (κ1) is 62.9. The lowest BCUT2D eigenvalue weighted by Crippen LogP contribution is -2.45. The van der Waals surface area contributed by atoms with Crippen LogP contribution < -0.4 is 5.32 Å². The van der Waals surface area contributed by atoms with Gasteiger partial charge < -0.3 is 20.3 Å². The second-order valence-corrected chi connectivity index (χ2v) is 20.3. The molecule has 0 aromatic rings. The van der Waals surface area contributed by atoms with Crippen LogP contribution in [0.5, 0.6) is 0 Å². The van der Waals surface area contributed by atoms with E-state index in [-0.39, 0.29) is 18.5 Å². The van der Waals surface area contributed by atoms with E-state index in [0.717, 1.165) is 51.4 Å². The zero-order valence-corrected chi connectivity index (χ0v) is 43.5. The zero-order chi connectivity index (χ0) is 46.5. The summed E-state index contributed by atoms with van der Waals surface area (Å²) in [6.07, 6.45) is 62.3. The fraction of sp³-hybridized carbons (Fsp3) is 0.966. The van der Waals surface area contributed by atoms with Crippen molar-refractivity contribution in [2.75, 3.05) is 13.2 Å². The second kappa shape index (κ2) is 54.5. The number of aliphatic hydroxyl groups excluding tert-OH is 2. The van der Waals surface area contributed by atoms with Crippen LogP contribution in [0.4, 0.5) is 0 Å². The summed E-state index contributed by atoms with van der Waals surface area (Å²) in [5, 5.41) is 23.3. The molecule has 2 atom stereocenters. The average molecular weight is 907 g/mol. The lowest BCUT2D eigenvalue weighted by Gasteiger charge is -2.22. The first-order valence-corrected chi connectivity index (χ1v) is 29.3. The maximum absolute atomic E-state index is 12.5. The first-order valence-electron chi connectivity index (χ1n) is 29.3. The molecular weight excluding hydrogens is 791 g/mol. The Morgan fingerprint density at radius 3 is 0.953 bits per heavy atom. The molecule has 6 nitrogen and oxygen atoms in total. The third kappa shape index (κ3) is 50.3. The number of hydrogen-bond donors (Lipinski definition) is 3. The van der Waals surface area contributed by atoms with E-state index in [4.69, 9.17) is 4.74 Å². The molecule has 6 heteroatoms. The van der Waals surface area contributed by atoms with Gasteiger partial charge in [0.15, 0.2) is 0 Å². The third-order valence-electron chi connectivity index (χ3n) is 13.9. The summed E-state index contributed by atoms with van der Waals surface area (Å²) in [5.41, 5.74) is 0. The molecule has 1 amide bonds. The summed E-state index contributed by atoms with van der Waals surface area (Å²) < 4.78 is 5.49. The maximum atomic E-state index is 12.5.